The first-order chi connectivity index (χ1) is 6.17. The Kier molecular flexibility index (Phi) is 6.89. The van der Waals surface area contributed by atoms with E-state index in [4.69, 9.17) is 4.74 Å². The zero-order valence-electron chi connectivity index (χ0n) is 8.95. The quantitative estimate of drug-likeness (QED) is 0.259. The van der Waals surface area contributed by atoms with Crippen LogP contribution in [0.15, 0.2) is 0 Å². The molecule has 0 fully saturated rings. The topological polar surface area (TPSA) is 26.4 Å². The molecule has 0 aliphatic carbocycles. The van der Waals surface area contributed by atoms with E-state index in [1.807, 2.05) is 26.0 Å². The van der Waals surface area contributed by atoms with E-state index in [1.54, 1.807) is 7.11 Å². The van der Waals surface area contributed by atoms with Crippen molar-refractivity contribution >= 4 is 13.8 Å². The molecule has 0 bridgehead atoms. The number of hydrogen-bond donors (Lipinski definition) is 1. The summed E-state index contributed by atoms with van der Waals surface area (Å²) in [5.74, 6) is 0. The first kappa shape index (κ1) is 20.9. The summed E-state index contributed by atoms with van der Waals surface area (Å²) in [6, 6.07) is 0.769. The minimum Gasteiger partial charge on any atom is -1.00 e. The standard InChI is InChI=1S/C5H12N2O.ClH.F6P/c1-6-5(8-4)7(2)3;;1-7(2,3,4,5)6/h1-4H3;1H;/q;;-1. The van der Waals surface area contributed by atoms with Gasteiger partial charge in [-0.05, 0) is 0 Å². The van der Waals surface area contributed by atoms with Crippen LogP contribution < -0.4 is 17.4 Å². The molecule has 0 saturated carbocycles. The number of halogens is 7. The van der Waals surface area contributed by atoms with Gasteiger partial charge >= 0.3 is 39.0 Å². The predicted octanol–water partition coefficient (Wildman–Crippen LogP) is -1.35. The van der Waals surface area contributed by atoms with Crippen molar-refractivity contribution in [2.45, 2.75) is 0 Å². The first-order valence-corrected chi connectivity index (χ1v) is 5.52. The van der Waals surface area contributed by atoms with E-state index in [0.717, 1.165) is 6.02 Å². The van der Waals surface area contributed by atoms with Crippen molar-refractivity contribution in [3.05, 3.63) is 0 Å². The van der Waals surface area contributed by atoms with Gasteiger partial charge in [-0.1, -0.05) is 0 Å². The van der Waals surface area contributed by atoms with Crippen LogP contribution in [0.4, 0.5) is 25.2 Å². The SMILES string of the molecule is C[NH+]=C(OC)N(C)C.F[P-](F)(F)(F)(F)F.[Cl-]. The molecule has 0 aromatic carbocycles. The molecule has 0 aromatic rings. The van der Waals surface area contributed by atoms with Gasteiger partial charge in [0.1, 0.15) is 0 Å². The summed E-state index contributed by atoms with van der Waals surface area (Å²) in [5.41, 5.74) is 0. The van der Waals surface area contributed by atoms with Gasteiger partial charge in [0.2, 0.25) is 0 Å². The monoisotopic (exact) mass is 297 g/mol. The largest absolute Gasteiger partial charge is 1.00 e. The minimum atomic E-state index is -10.7. The molecule has 0 saturated heterocycles. The fourth-order valence-electron chi connectivity index (χ4n) is 0.508. The Morgan fingerprint density at radius 3 is 1.31 bits per heavy atom. The van der Waals surface area contributed by atoms with Gasteiger partial charge in [-0.2, -0.15) is 0 Å². The van der Waals surface area contributed by atoms with Crippen LogP contribution in [-0.4, -0.2) is 39.2 Å². The van der Waals surface area contributed by atoms with Crippen LogP contribution in [0.25, 0.3) is 0 Å². The molecule has 0 aliphatic rings. The third-order valence-corrected chi connectivity index (χ3v) is 0.813. The van der Waals surface area contributed by atoms with Gasteiger partial charge in [-0.3, -0.25) is 0 Å². The van der Waals surface area contributed by atoms with Gasteiger partial charge in [0, 0.05) is 0 Å². The second-order valence-corrected chi connectivity index (χ2v) is 4.53. The number of nitrogens with one attached hydrogen (secondary N) is 1. The molecule has 0 radical (unpaired) electrons. The molecule has 0 rings (SSSR count). The predicted molar refractivity (Wildman–Crippen MR) is 46.2 cm³/mol. The Balaban J connectivity index is -0.000000200. The van der Waals surface area contributed by atoms with E-state index in [0.29, 0.717) is 0 Å². The van der Waals surface area contributed by atoms with E-state index < -0.39 is 7.81 Å². The van der Waals surface area contributed by atoms with Crippen molar-refractivity contribution in [3.63, 3.8) is 0 Å². The first-order valence-electron chi connectivity index (χ1n) is 3.49. The fourth-order valence-corrected chi connectivity index (χ4v) is 0.508. The zero-order chi connectivity index (χ0) is 13.0. The van der Waals surface area contributed by atoms with Gasteiger partial charge in [0.15, 0.2) is 0 Å². The van der Waals surface area contributed by atoms with Crippen molar-refractivity contribution in [1.29, 1.82) is 0 Å². The van der Waals surface area contributed by atoms with E-state index >= 15 is 0 Å². The Labute approximate surface area is 95.1 Å². The minimum absolute atomic E-state index is 0. The molecule has 16 heavy (non-hydrogen) atoms. The molecule has 0 aromatic heterocycles. The molecule has 3 nitrogen and oxygen atoms in total. The second kappa shape index (κ2) is 5.27. The number of ether oxygens (including phenoxy) is 1. The number of amidine groups is 1. The van der Waals surface area contributed by atoms with Gasteiger partial charge < -0.3 is 17.1 Å². The molecule has 1 N–H and O–H groups in total. The van der Waals surface area contributed by atoms with Gasteiger partial charge in [-0.25, -0.2) is 9.89 Å². The number of hydrogen-bond acceptors (Lipinski definition) is 1. The molecule has 104 valence electrons. The smallest absolute Gasteiger partial charge is 1.00 e. The third-order valence-electron chi connectivity index (χ3n) is 0.813. The number of methoxy groups -OCH3 is 1. The third kappa shape index (κ3) is 37.4. The molecule has 11 heteroatoms. The summed E-state index contributed by atoms with van der Waals surface area (Å²) in [5, 5.41) is 0. The van der Waals surface area contributed by atoms with Crippen molar-refractivity contribution in [2.75, 3.05) is 28.3 Å². The summed E-state index contributed by atoms with van der Waals surface area (Å²) in [6.07, 6.45) is 0. The molecule has 0 heterocycles. The normalized spacial score (nSPS) is 15.8. The van der Waals surface area contributed by atoms with Crippen LogP contribution in [-0.2, 0) is 4.74 Å². The average Bonchev–Trinajstić information content (AvgIpc) is 1.81. The molecule has 0 atom stereocenters. The second-order valence-electron chi connectivity index (χ2n) is 2.61. The van der Waals surface area contributed by atoms with Crippen LogP contribution >= 0.6 is 7.81 Å². The van der Waals surface area contributed by atoms with Crippen LogP contribution in [0.3, 0.4) is 0 Å². The van der Waals surface area contributed by atoms with E-state index in [2.05, 4.69) is 4.99 Å². The molecule has 0 amide bonds. The molecular formula is C5H13ClF6N2OP-. The molecule has 0 spiro atoms. The summed E-state index contributed by atoms with van der Waals surface area (Å²) >= 11 is 0. The maximum absolute atomic E-state index is 10.7. The van der Waals surface area contributed by atoms with Gasteiger partial charge in [0.25, 0.3) is 0 Å². The van der Waals surface area contributed by atoms with E-state index in [-0.39, 0.29) is 12.4 Å². The van der Waals surface area contributed by atoms with Crippen molar-refractivity contribution in [2.24, 2.45) is 0 Å². The van der Waals surface area contributed by atoms with Crippen LogP contribution in [0.2, 0.25) is 0 Å². The Hall–Kier alpha value is -0.430. The van der Waals surface area contributed by atoms with Crippen LogP contribution in [0, 0.1) is 0 Å². The maximum atomic E-state index is 9.87. The van der Waals surface area contributed by atoms with E-state index in [9.17, 15) is 25.2 Å². The van der Waals surface area contributed by atoms with Crippen molar-refractivity contribution in [3.8, 4) is 0 Å². The van der Waals surface area contributed by atoms with Crippen LogP contribution in [0.5, 0.6) is 0 Å². The fraction of sp³-hybridized carbons (Fsp3) is 0.800. The number of rotatable bonds is 0. The molecular weight excluding hydrogens is 284 g/mol. The molecule has 0 aliphatic heterocycles. The van der Waals surface area contributed by atoms with E-state index in [1.165, 1.54) is 0 Å². The van der Waals surface area contributed by atoms with Crippen LogP contribution in [0.1, 0.15) is 0 Å². The number of nitrogens with zero attached hydrogens (tertiary/aromatic N) is 1. The Morgan fingerprint density at radius 1 is 1.06 bits per heavy atom. The summed E-state index contributed by atoms with van der Waals surface area (Å²) in [6.45, 7) is 0. The Morgan fingerprint density at radius 2 is 1.31 bits per heavy atom. The maximum Gasteiger partial charge on any atom is -1.00 e. The zero-order valence-corrected chi connectivity index (χ0v) is 10.6. The summed E-state index contributed by atoms with van der Waals surface area (Å²) < 4.78 is 64.1. The Bertz CT molecular complexity index is 225. The van der Waals surface area contributed by atoms with Crippen molar-refractivity contribution in [1.82, 2.24) is 4.90 Å². The van der Waals surface area contributed by atoms with Gasteiger partial charge in [0.05, 0.1) is 28.3 Å². The molecule has 0 unspecified atom stereocenters. The summed E-state index contributed by atoms with van der Waals surface area (Å²) in [7, 11) is -3.38. The average molecular weight is 298 g/mol. The summed E-state index contributed by atoms with van der Waals surface area (Å²) in [4.78, 5) is 4.73. The van der Waals surface area contributed by atoms with Crippen molar-refractivity contribution < 1.29 is 47.3 Å². The van der Waals surface area contributed by atoms with Gasteiger partial charge in [-0.15, -0.1) is 0 Å².